The molecule has 1 aromatic rings. The first-order valence-corrected chi connectivity index (χ1v) is 5.93. The van der Waals surface area contributed by atoms with Crippen LogP contribution in [0.15, 0.2) is 24.8 Å². The number of hydrogen-bond acceptors (Lipinski definition) is 1. The molecule has 0 aromatic heterocycles. The molecule has 0 unspecified atom stereocenters. The Morgan fingerprint density at radius 1 is 1.29 bits per heavy atom. The van der Waals surface area contributed by atoms with Crippen LogP contribution < -0.4 is 4.74 Å². The molecule has 17 heavy (non-hydrogen) atoms. The lowest BCUT2D eigenvalue weighted by Crippen LogP contribution is -2.03. The van der Waals surface area contributed by atoms with Gasteiger partial charge in [0.1, 0.15) is 0 Å². The third-order valence-electron chi connectivity index (χ3n) is 2.92. The van der Waals surface area contributed by atoms with Gasteiger partial charge in [-0.15, -0.1) is 6.58 Å². The summed E-state index contributed by atoms with van der Waals surface area (Å²) in [4.78, 5) is 0. The Hall–Kier alpha value is -1.38. The molecule has 92 valence electrons. The Kier molecular flexibility index (Phi) is 3.77. The number of ether oxygens (including phenoxy) is 1. The van der Waals surface area contributed by atoms with Crippen molar-refractivity contribution in [3.8, 4) is 5.75 Å². The Morgan fingerprint density at radius 3 is 2.71 bits per heavy atom. The van der Waals surface area contributed by atoms with Gasteiger partial charge >= 0.3 is 0 Å². The lowest BCUT2D eigenvalue weighted by Gasteiger charge is -2.09. The minimum Gasteiger partial charge on any atom is -0.490 e. The predicted octanol–water partition coefficient (Wildman–Crippen LogP) is 3.87. The number of allylic oxidation sites excluding steroid dienone is 1. The molecule has 2 rings (SSSR count). The van der Waals surface area contributed by atoms with Crippen LogP contribution in [0.1, 0.15) is 24.8 Å². The summed E-state index contributed by atoms with van der Waals surface area (Å²) in [6.45, 7) is 4.05. The molecule has 3 heteroatoms. The fraction of sp³-hybridized carbons (Fsp3) is 0.429. The fourth-order valence-electron chi connectivity index (χ4n) is 1.63. The van der Waals surface area contributed by atoms with Crippen molar-refractivity contribution in [1.29, 1.82) is 0 Å². The molecule has 0 atom stereocenters. The molecule has 0 spiro atoms. The highest BCUT2D eigenvalue weighted by molar-refractivity contribution is 5.31. The zero-order valence-electron chi connectivity index (χ0n) is 9.72. The molecule has 0 amide bonds. The zero-order valence-corrected chi connectivity index (χ0v) is 9.72. The first-order chi connectivity index (χ1) is 8.22. The summed E-state index contributed by atoms with van der Waals surface area (Å²) >= 11 is 0. The van der Waals surface area contributed by atoms with Crippen molar-refractivity contribution >= 4 is 0 Å². The van der Waals surface area contributed by atoms with Gasteiger partial charge in [0.15, 0.2) is 11.6 Å². The average Bonchev–Trinajstić information content (AvgIpc) is 3.14. The molecule has 0 bridgehead atoms. The summed E-state index contributed by atoms with van der Waals surface area (Å²) in [5.41, 5.74) is 0.376. The molecule has 1 fully saturated rings. The van der Waals surface area contributed by atoms with E-state index in [9.17, 15) is 8.78 Å². The van der Waals surface area contributed by atoms with E-state index in [2.05, 4.69) is 6.58 Å². The van der Waals surface area contributed by atoms with Gasteiger partial charge in [0.05, 0.1) is 6.61 Å². The van der Waals surface area contributed by atoms with E-state index < -0.39 is 11.6 Å². The fourth-order valence-corrected chi connectivity index (χ4v) is 1.63. The molecule has 1 aliphatic carbocycles. The van der Waals surface area contributed by atoms with E-state index in [0.29, 0.717) is 30.9 Å². The van der Waals surface area contributed by atoms with E-state index in [4.69, 9.17) is 4.74 Å². The van der Waals surface area contributed by atoms with Crippen LogP contribution in [-0.4, -0.2) is 6.61 Å². The molecule has 1 aliphatic rings. The molecule has 0 aliphatic heterocycles. The summed E-state index contributed by atoms with van der Waals surface area (Å²) in [6, 6.07) is 3.10. The van der Waals surface area contributed by atoms with Crippen LogP contribution in [0.5, 0.6) is 5.75 Å². The number of aryl methyl sites for hydroxylation is 1. The van der Waals surface area contributed by atoms with Gasteiger partial charge in [-0.3, -0.25) is 0 Å². The van der Waals surface area contributed by atoms with Gasteiger partial charge in [-0.05, 0) is 43.2 Å². The quantitative estimate of drug-likeness (QED) is 0.683. The van der Waals surface area contributed by atoms with Crippen molar-refractivity contribution in [3.05, 3.63) is 42.0 Å². The maximum absolute atomic E-state index is 13.6. The molecule has 0 radical (unpaired) electrons. The minimum absolute atomic E-state index is 0.0248. The second-order valence-electron chi connectivity index (χ2n) is 4.43. The Labute approximate surface area is 100 Å². The van der Waals surface area contributed by atoms with Crippen molar-refractivity contribution in [3.63, 3.8) is 0 Å². The summed E-state index contributed by atoms with van der Waals surface area (Å²) in [7, 11) is 0. The number of halogens is 2. The van der Waals surface area contributed by atoms with Crippen molar-refractivity contribution < 1.29 is 13.5 Å². The summed E-state index contributed by atoms with van der Waals surface area (Å²) in [5.74, 6) is -1.11. The Morgan fingerprint density at radius 2 is 2.06 bits per heavy atom. The zero-order chi connectivity index (χ0) is 12.3. The molecular weight excluding hydrogens is 222 g/mol. The lowest BCUT2D eigenvalue weighted by molar-refractivity contribution is 0.279. The minimum atomic E-state index is -0.868. The summed E-state index contributed by atoms with van der Waals surface area (Å²) in [6.07, 6.45) is 5.05. The average molecular weight is 238 g/mol. The second-order valence-corrected chi connectivity index (χ2v) is 4.43. The van der Waals surface area contributed by atoms with Gasteiger partial charge < -0.3 is 4.74 Å². The Balaban J connectivity index is 2.06. The molecule has 0 saturated heterocycles. The van der Waals surface area contributed by atoms with Gasteiger partial charge in [0.2, 0.25) is 5.82 Å². The van der Waals surface area contributed by atoms with E-state index in [1.165, 1.54) is 6.07 Å². The van der Waals surface area contributed by atoms with Gasteiger partial charge in [-0.25, -0.2) is 4.39 Å². The highest BCUT2D eigenvalue weighted by Crippen LogP contribution is 2.31. The van der Waals surface area contributed by atoms with Crippen molar-refractivity contribution in [2.75, 3.05) is 6.61 Å². The van der Waals surface area contributed by atoms with Crippen molar-refractivity contribution in [2.24, 2.45) is 5.92 Å². The molecule has 0 heterocycles. The number of rotatable bonds is 6. The number of benzene rings is 1. The van der Waals surface area contributed by atoms with Crippen molar-refractivity contribution in [1.82, 2.24) is 0 Å². The number of hydrogen-bond donors (Lipinski definition) is 0. The Bertz CT molecular complexity index is 411. The standard InChI is InChI=1S/C14H16F2O/c1-2-3-4-11-7-8-12(14(16)13(11)15)17-9-10-5-6-10/h2,7-8,10H,1,3-6,9H2. The van der Waals surface area contributed by atoms with E-state index in [1.807, 2.05) is 0 Å². The molecular formula is C14H16F2O. The van der Waals surface area contributed by atoms with Crippen molar-refractivity contribution in [2.45, 2.75) is 25.7 Å². The molecule has 1 aromatic carbocycles. The highest BCUT2D eigenvalue weighted by Gasteiger charge is 2.23. The van der Waals surface area contributed by atoms with Crippen LogP contribution in [0.3, 0.4) is 0 Å². The monoisotopic (exact) mass is 238 g/mol. The lowest BCUT2D eigenvalue weighted by atomic mass is 10.1. The van der Waals surface area contributed by atoms with Gasteiger partial charge in [0, 0.05) is 0 Å². The summed E-state index contributed by atoms with van der Waals surface area (Å²) < 4.78 is 32.5. The van der Waals surface area contributed by atoms with Crippen LogP contribution in [-0.2, 0) is 6.42 Å². The van der Waals surface area contributed by atoms with Gasteiger partial charge in [-0.1, -0.05) is 12.1 Å². The first kappa shape index (κ1) is 12.1. The maximum atomic E-state index is 13.6. The largest absolute Gasteiger partial charge is 0.490 e. The normalized spacial score (nSPS) is 14.7. The SMILES string of the molecule is C=CCCc1ccc(OCC2CC2)c(F)c1F. The summed E-state index contributed by atoms with van der Waals surface area (Å²) in [5, 5.41) is 0. The highest BCUT2D eigenvalue weighted by atomic mass is 19.2. The molecule has 1 nitrogen and oxygen atoms in total. The third-order valence-corrected chi connectivity index (χ3v) is 2.92. The molecule has 1 saturated carbocycles. The smallest absolute Gasteiger partial charge is 0.200 e. The van der Waals surface area contributed by atoms with E-state index in [-0.39, 0.29) is 5.75 Å². The van der Waals surface area contributed by atoms with Crippen LogP contribution in [0.2, 0.25) is 0 Å². The van der Waals surface area contributed by atoms with E-state index in [1.54, 1.807) is 12.1 Å². The van der Waals surface area contributed by atoms with Crippen LogP contribution in [0.25, 0.3) is 0 Å². The van der Waals surface area contributed by atoms with E-state index in [0.717, 1.165) is 12.8 Å². The van der Waals surface area contributed by atoms with Gasteiger partial charge in [0.25, 0.3) is 0 Å². The topological polar surface area (TPSA) is 9.23 Å². The maximum Gasteiger partial charge on any atom is 0.200 e. The van der Waals surface area contributed by atoms with E-state index >= 15 is 0 Å². The van der Waals surface area contributed by atoms with Crippen LogP contribution in [0, 0.1) is 17.6 Å². The first-order valence-electron chi connectivity index (χ1n) is 5.93. The molecule has 0 N–H and O–H groups in total. The third kappa shape index (κ3) is 3.05. The second kappa shape index (κ2) is 5.30. The predicted molar refractivity (Wildman–Crippen MR) is 63.1 cm³/mol. The van der Waals surface area contributed by atoms with Gasteiger partial charge in [-0.2, -0.15) is 4.39 Å². The van der Waals surface area contributed by atoms with Crippen LogP contribution in [0.4, 0.5) is 8.78 Å². The van der Waals surface area contributed by atoms with Crippen LogP contribution >= 0.6 is 0 Å².